The van der Waals surface area contributed by atoms with Crippen LogP contribution in [-0.4, -0.2) is 31.5 Å². The molecule has 134 valence electrons. The quantitative estimate of drug-likeness (QED) is 0.196. The summed E-state index contributed by atoms with van der Waals surface area (Å²) in [5.74, 6) is 0.377. The maximum absolute atomic E-state index is 11.2. The predicted molar refractivity (Wildman–Crippen MR) is 104 cm³/mol. The highest BCUT2D eigenvalue weighted by molar-refractivity contribution is 7.99. The summed E-state index contributed by atoms with van der Waals surface area (Å²) in [6.45, 7) is 8.20. The Kier molecular flexibility index (Phi) is 7.50. The van der Waals surface area contributed by atoms with Gasteiger partial charge in [0.1, 0.15) is 12.2 Å². The fourth-order valence-electron chi connectivity index (χ4n) is 2.04. The molecule has 2 rings (SSSR count). The molecule has 0 radical (unpaired) electrons. The molecule has 2 aromatic rings. The Balaban J connectivity index is 1.80. The standard InChI is InChI=1S/C18H19ClO4S2/c1-11(2)17(20)22-7-6-21-8-9-25-13-4-5-14-12(3)16(19)18(24)23-15(14)10-13/h4-5,10H,1,6-9H2,2-3H3. The van der Waals surface area contributed by atoms with E-state index in [1.54, 1.807) is 18.7 Å². The van der Waals surface area contributed by atoms with Crippen molar-refractivity contribution in [2.24, 2.45) is 0 Å². The van der Waals surface area contributed by atoms with E-state index in [1.807, 2.05) is 25.1 Å². The molecule has 7 heteroatoms. The molecule has 4 nitrogen and oxygen atoms in total. The Hall–Kier alpha value is -1.34. The molecule has 0 unspecified atom stereocenters. The second-order valence-electron chi connectivity index (χ2n) is 5.36. The molecule has 0 N–H and O–H groups in total. The fraction of sp³-hybridized carbons (Fsp3) is 0.333. The molecule has 0 atom stereocenters. The van der Waals surface area contributed by atoms with Crippen molar-refractivity contribution in [3.05, 3.63) is 45.6 Å². The number of thioether (sulfide) groups is 1. The highest BCUT2D eigenvalue weighted by Gasteiger charge is 2.08. The Morgan fingerprint density at radius 1 is 1.36 bits per heavy atom. The van der Waals surface area contributed by atoms with Crippen LogP contribution in [0, 0.1) is 11.6 Å². The lowest BCUT2D eigenvalue weighted by Crippen LogP contribution is -2.11. The van der Waals surface area contributed by atoms with E-state index in [1.165, 1.54) is 0 Å². The summed E-state index contributed by atoms with van der Waals surface area (Å²) in [6, 6.07) is 5.95. The molecule has 0 spiro atoms. The van der Waals surface area contributed by atoms with Gasteiger partial charge in [0.05, 0.1) is 18.2 Å². The highest BCUT2D eigenvalue weighted by atomic mass is 35.5. The van der Waals surface area contributed by atoms with Gasteiger partial charge in [-0.3, -0.25) is 0 Å². The predicted octanol–water partition coefficient (Wildman–Crippen LogP) is 5.35. The molecule has 1 heterocycles. The van der Waals surface area contributed by atoms with Crippen LogP contribution in [0.25, 0.3) is 11.0 Å². The number of rotatable bonds is 8. The largest absolute Gasteiger partial charge is 0.460 e. The molecule has 25 heavy (non-hydrogen) atoms. The molecule has 0 aliphatic rings. The Morgan fingerprint density at radius 2 is 2.12 bits per heavy atom. The van der Waals surface area contributed by atoms with Gasteiger partial charge < -0.3 is 13.9 Å². The number of benzene rings is 1. The minimum atomic E-state index is -0.394. The van der Waals surface area contributed by atoms with Crippen LogP contribution in [-0.2, 0) is 14.3 Å². The summed E-state index contributed by atoms with van der Waals surface area (Å²) in [6.07, 6.45) is 0. The Bertz CT molecular complexity index is 845. The maximum Gasteiger partial charge on any atom is 0.333 e. The molecule has 0 saturated heterocycles. The van der Waals surface area contributed by atoms with Crippen LogP contribution in [0.5, 0.6) is 0 Å². The fourth-order valence-corrected chi connectivity index (χ4v) is 3.21. The zero-order valence-electron chi connectivity index (χ0n) is 14.1. The Morgan fingerprint density at radius 3 is 2.84 bits per heavy atom. The third-order valence-corrected chi connectivity index (χ3v) is 5.19. The number of esters is 1. The van der Waals surface area contributed by atoms with Gasteiger partial charge >= 0.3 is 5.97 Å². The van der Waals surface area contributed by atoms with E-state index in [9.17, 15) is 4.79 Å². The topological polar surface area (TPSA) is 48.7 Å². The van der Waals surface area contributed by atoms with Crippen LogP contribution in [0.2, 0.25) is 5.02 Å². The Labute approximate surface area is 161 Å². The number of hydrogen-bond acceptors (Lipinski definition) is 6. The third kappa shape index (κ3) is 5.57. The lowest BCUT2D eigenvalue weighted by atomic mass is 10.1. The molecule has 0 amide bonds. The summed E-state index contributed by atoms with van der Waals surface area (Å²) >= 11 is 12.9. The molecule has 1 aromatic heterocycles. The van der Waals surface area contributed by atoms with Crippen LogP contribution >= 0.6 is 35.6 Å². The zero-order chi connectivity index (χ0) is 18.4. The van der Waals surface area contributed by atoms with Crippen LogP contribution in [0.15, 0.2) is 39.7 Å². The number of carbonyl (C=O) groups is 1. The molecular weight excluding hydrogens is 380 g/mol. The number of aryl methyl sites for hydroxylation is 1. The number of carbonyl (C=O) groups excluding carboxylic acids is 1. The molecule has 0 fully saturated rings. The van der Waals surface area contributed by atoms with E-state index in [2.05, 4.69) is 6.58 Å². The van der Waals surface area contributed by atoms with Gasteiger partial charge in [0.2, 0.25) is 4.71 Å². The van der Waals surface area contributed by atoms with Crippen molar-refractivity contribution in [2.45, 2.75) is 18.7 Å². The molecule has 0 aliphatic carbocycles. The van der Waals surface area contributed by atoms with Crippen molar-refractivity contribution in [1.29, 1.82) is 0 Å². The van der Waals surface area contributed by atoms with Crippen LogP contribution in [0.4, 0.5) is 0 Å². The molecular formula is C18H19ClO4S2. The van der Waals surface area contributed by atoms with E-state index >= 15 is 0 Å². The van der Waals surface area contributed by atoms with Gasteiger partial charge in [-0.1, -0.05) is 18.2 Å². The van der Waals surface area contributed by atoms with Crippen molar-refractivity contribution in [3.8, 4) is 0 Å². The number of hydrogen-bond donors (Lipinski definition) is 0. The third-order valence-electron chi connectivity index (χ3n) is 3.37. The van der Waals surface area contributed by atoms with E-state index < -0.39 is 5.97 Å². The summed E-state index contributed by atoms with van der Waals surface area (Å²) in [5, 5.41) is 1.45. The monoisotopic (exact) mass is 398 g/mol. The summed E-state index contributed by atoms with van der Waals surface area (Å²) in [5.41, 5.74) is 2.04. The van der Waals surface area contributed by atoms with Crippen LogP contribution < -0.4 is 0 Å². The van der Waals surface area contributed by atoms with Gasteiger partial charge in [-0.05, 0) is 49.8 Å². The van der Waals surface area contributed by atoms with E-state index in [-0.39, 0.29) is 6.61 Å². The van der Waals surface area contributed by atoms with Crippen molar-refractivity contribution in [2.75, 3.05) is 25.6 Å². The average molecular weight is 399 g/mol. The van der Waals surface area contributed by atoms with Gasteiger partial charge in [-0.25, -0.2) is 4.79 Å². The van der Waals surface area contributed by atoms with Crippen molar-refractivity contribution in [3.63, 3.8) is 0 Å². The smallest absolute Gasteiger partial charge is 0.333 e. The number of ether oxygens (including phenoxy) is 2. The normalized spacial score (nSPS) is 10.8. The van der Waals surface area contributed by atoms with E-state index in [0.717, 1.165) is 27.2 Å². The number of halogens is 1. The maximum atomic E-state index is 11.2. The first-order valence-corrected chi connectivity index (χ1v) is 9.43. The molecule has 1 aromatic carbocycles. The molecule has 0 aliphatic heterocycles. The van der Waals surface area contributed by atoms with Crippen molar-refractivity contribution in [1.82, 2.24) is 0 Å². The van der Waals surface area contributed by atoms with E-state index in [0.29, 0.717) is 28.5 Å². The van der Waals surface area contributed by atoms with E-state index in [4.69, 9.17) is 37.7 Å². The summed E-state index contributed by atoms with van der Waals surface area (Å²) in [7, 11) is 0. The van der Waals surface area contributed by atoms with Gasteiger partial charge in [-0.2, -0.15) is 0 Å². The highest BCUT2D eigenvalue weighted by Crippen LogP contribution is 2.30. The average Bonchev–Trinajstić information content (AvgIpc) is 2.58. The zero-order valence-corrected chi connectivity index (χ0v) is 16.5. The van der Waals surface area contributed by atoms with Crippen LogP contribution in [0.3, 0.4) is 0 Å². The first kappa shape index (κ1) is 20.0. The lowest BCUT2D eigenvalue weighted by molar-refractivity contribution is -0.140. The lowest BCUT2D eigenvalue weighted by Gasteiger charge is -2.07. The van der Waals surface area contributed by atoms with Crippen molar-refractivity contribution < 1.29 is 18.7 Å². The summed E-state index contributed by atoms with van der Waals surface area (Å²) in [4.78, 5) is 12.2. The summed E-state index contributed by atoms with van der Waals surface area (Å²) < 4.78 is 16.3. The minimum Gasteiger partial charge on any atom is -0.460 e. The van der Waals surface area contributed by atoms with Crippen molar-refractivity contribution >= 4 is 52.5 Å². The SMILES string of the molecule is C=C(C)C(=O)OCCOCCSc1ccc2c(C)c(Cl)c(=S)oc2c1. The van der Waals surface area contributed by atoms with Crippen LogP contribution in [0.1, 0.15) is 12.5 Å². The van der Waals surface area contributed by atoms with Gasteiger partial charge in [0.25, 0.3) is 0 Å². The molecule has 0 bridgehead atoms. The second-order valence-corrected chi connectivity index (χ2v) is 7.28. The number of fused-ring (bicyclic) bond motifs is 1. The molecule has 0 saturated carbocycles. The van der Waals surface area contributed by atoms with Gasteiger partial charge in [-0.15, -0.1) is 11.8 Å². The second kappa shape index (κ2) is 9.38. The first-order valence-electron chi connectivity index (χ1n) is 7.66. The van der Waals surface area contributed by atoms with Gasteiger partial charge in [0, 0.05) is 21.6 Å². The van der Waals surface area contributed by atoms with Gasteiger partial charge in [0.15, 0.2) is 0 Å². The first-order chi connectivity index (χ1) is 11.9. The minimum absolute atomic E-state index is 0.229.